The number of aliphatic hydroxyl groups excluding tert-OH is 1. The minimum Gasteiger partial charge on any atom is -0.382 e. The van der Waals surface area contributed by atoms with Crippen LogP contribution in [-0.4, -0.2) is 35.9 Å². The van der Waals surface area contributed by atoms with E-state index in [0.717, 1.165) is 12.1 Å². The van der Waals surface area contributed by atoms with Gasteiger partial charge >= 0.3 is 12.4 Å². The molecule has 0 radical (unpaired) electrons. The first-order valence-electron chi connectivity index (χ1n) is 7.30. The van der Waals surface area contributed by atoms with Gasteiger partial charge in [0.05, 0.1) is 35.1 Å². The Morgan fingerprint density at radius 2 is 1.81 bits per heavy atom. The van der Waals surface area contributed by atoms with Gasteiger partial charge in [0, 0.05) is 12.2 Å². The highest BCUT2D eigenvalue weighted by atomic mass is 19.4. The van der Waals surface area contributed by atoms with Crippen LogP contribution < -0.4 is 4.90 Å². The molecule has 0 bridgehead atoms. The molecule has 1 unspecified atom stereocenters. The van der Waals surface area contributed by atoms with Crippen molar-refractivity contribution in [3.63, 3.8) is 0 Å². The summed E-state index contributed by atoms with van der Waals surface area (Å²) in [6, 6.07) is 1.37. The largest absolute Gasteiger partial charge is 0.417 e. The van der Waals surface area contributed by atoms with Gasteiger partial charge in [0.25, 0.3) is 5.92 Å². The van der Waals surface area contributed by atoms with Gasteiger partial charge in [0.1, 0.15) is 0 Å². The van der Waals surface area contributed by atoms with Gasteiger partial charge in [0.15, 0.2) is 6.10 Å². The lowest BCUT2D eigenvalue weighted by molar-refractivity contribution is -0.212. The predicted molar refractivity (Wildman–Crippen MR) is 71.3 cm³/mol. The predicted octanol–water partition coefficient (Wildman–Crippen LogP) is 3.57. The molecule has 11 heteroatoms. The summed E-state index contributed by atoms with van der Waals surface area (Å²) in [6.07, 6.45) is -13.3. The molecule has 1 heterocycles. The van der Waals surface area contributed by atoms with Crippen molar-refractivity contribution in [2.45, 2.75) is 30.4 Å². The Balaban J connectivity index is 2.02. The molecule has 0 amide bonds. The monoisotopic (exact) mass is 386 g/mol. The van der Waals surface area contributed by atoms with Crippen molar-refractivity contribution in [2.75, 3.05) is 11.4 Å². The molecule has 1 aromatic carbocycles. The smallest absolute Gasteiger partial charge is 0.382 e. The average Bonchev–Trinajstić information content (AvgIpc) is 2.89. The van der Waals surface area contributed by atoms with Crippen LogP contribution in [0.25, 0.3) is 0 Å². The molecule has 26 heavy (non-hydrogen) atoms. The lowest BCUT2D eigenvalue weighted by Gasteiger charge is -2.35. The van der Waals surface area contributed by atoms with Gasteiger partial charge < -0.3 is 10.0 Å². The molecule has 0 spiro atoms. The van der Waals surface area contributed by atoms with Gasteiger partial charge in [-0.15, -0.1) is 0 Å². The van der Waals surface area contributed by atoms with Crippen molar-refractivity contribution in [1.29, 1.82) is 5.26 Å². The van der Waals surface area contributed by atoms with E-state index in [2.05, 4.69) is 0 Å². The summed E-state index contributed by atoms with van der Waals surface area (Å²) in [5.74, 6) is -6.69. The quantitative estimate of drug-likeness (QED) is 0.791. The molecule has 1 N–H and O–H groups in total. The third-order valence-electron chi connectivity index (χ3n) is 4.80. The van der Waals surface area contributed by atoms with E-state index < -0.39 is 65.6 Å². The third kappa shape index (κ3) is 2.76. The molecule has 2 fully saturated rings. The number of alkyl halides is 8. The van der Waals surface area contributed by atoms with Gasteiger partial charge in [-0.05, 0) is 18.2 Å². The summed E-state index contributed by atoms with van der Waals surface area (Å²) in [7, 11) is 0. The zero-order chi connectivity index (χ0) is 19.7. The number of benzene rings is 1. The Morgan fingerprint density at radius 1 is 1.19 bits per heavy atom. The van der Waals surface area contributed by atoms with Gasteiger partial charge in [-0.25, -0.2) is 8.78 Å². The molecular formula is C15H10F8N2O. The molecule has 1 saturated carbocycles. The van der Waals surface area contributed by atoms with Crippen molar-refractivity contribution in [1.82, 2.24) is 0 Å². The zero-order valence-corrected chi connectivity index (χ0v) is 12.6. The number of aliphatic hydroxyl groups is 1. The first-order valence-corrected chi connectivity index (χ1v) is 7.30. The molecule has 142 valence electrons. The average molecular weight is 386 g/mol. The molecule has 1 aliphatic carbocycles. The van der Waals surface area contributed by atoms with Crippen molar-refractivity contribution in [2.24, 2.45) is 11.8 Å². The van der Waals surface area contributed by atoms with E-state index in [1.54, 1.807) is 0 Å². The van der Waals surface area contributed by atoms with Gasteiger partial charge in [0.2, 0.25) is 0 Å². The highest BCUT2D eigenvalue weighted by Crippen LogP contribution is 2.64. The molecule has 3 nitrogen and oxygen atoms in total. The number of hydrogen-bond donors (Lipinski definition) is 1. The van der Waals surface area contributed by atoms with E-state index in [1.807, 2.05) is 0 Å². The Bertz CT molecular complexity index is 766. The van der Waals surface area contributed by atoms with Crippen LogP contribution in [0.4, 0.5) is 40.8 Å². The number of rotatable bonds is 2. The van der Waals surface area contributed by atoms with Crippen molar-refractivity contribution in [3.05, 3.63) is 29.3 Å². The number of fused-ring (bicyclic) bond motifs is 1. The van der Waals surface area contributed by atoms with E-state index in [1.165, 1.54) is 6.07 Å². The van der Waals surface area contributed by atoms with E-state index >= 15 is 0 Å². The van der Waals surface area contributed by atoms with Gasteiger partial charge in [-0.2, -0.15) is 31.6 Å². The van der Waals surface area contributed by atoms with Crippen molar-refractivity contribution >= 4 is 5.69 Å². The minimum absolute atomic E-state index is 0.410. The fourth-order valence-corrected chi connectivity index (χ4v) is 3.53. The summed E-state index contributed by atoms with van der Waals surface area (Å²) in [5, 5.41) is 18.3. The number of halogens is 8. The Morgan fingerprint density at radius 3 is 2.31 bits per heavy atom. The summed E-state index contributed by atoms with van der Waals surface area (Å²) in [6.45, 7) is -0.626. The van der Waals surface area contributed by atoms with E-state index in [4.69, 9.17) is 5.26 Å². The summed E-state index contributed by atoms with van der Waals surface area (Å²) in [5.41, 5.74) is -2.54. The zero-order valence-electron chi connectivity index (χ0n) is 12.6. The first-order chi connectivity index (χ1) is 11.8. The number of anilines is 1. The number of nitrogens with zero attached hydrogens (tertiary/aromatic N) is 2. The minimum atomic E-state index is -5.21. The molecular weight excluding hydrogens is 376 g/mol. The molecule has 1 aliphatic heterocycles. The second-order valence-corrected chi connectivity index (χ2v) is 6.28. The van der Waals surface area contributed by atoms with Crippen LogP contribution in [0.1, 0.15) is 11.1 Å². The van der Waals surface area contributed by atoms with Crippen LogP contribution in [0.3, 0.4) is 0 Å². The van der Waals surface area contributed by atoms with Crippen LogP contribution in [0.5, 0.6) is 0 Å². The Labute approximate surface area is 141 Å². The molecule has 1 aromatic rings. The number of hydrogen-bond acceptors (Lipinski definition) is 3. The Hall–Kier alpha value is -2.09. The van der Waals surface area contributed by atoms with Crippen LogP contribution >= 0.6 is 0 Å². The van der Waals surface area contributed by atoms with Crippen LogP contribution in [0.15, 0.2) is 18.2 Å². The second kappa shape index (κ2) is 5.45. The molecule has 3 rings (SSSR count). The highest BCUT2D eigenvalue weighted by molar-refractivity contribution is 5.58. The normalized spacial score (nSPS) is 28.5. The van der Waals surface area contributed by atoms with Crippen LogP contribution in [0.2, 0.25) is 0 Å². The summed E-state index contributed by atoms with van der Waals surface area (Å²) >= 11 is 0. The maximum atomic E-state index is 13.6. The maximum Gasteiger partial charge on any atom is 0.417 e. The SMILES string of the molecule is N#Cc1ccc(N2C[C@H]3C([C@@H]2[C@H](O)C(F)(F)F)C3(F)F)cc1C(F)(F)F. The van der Waals surface area contributed by atoms with Gasteiger partial charge in [-0.1, -0.05) is 0 Å². The second-order valence-electron chi connectivity index (χ2n) is 6.28. The topological polar surface area (TPSA) is 47.3 Å². The van der Waals surface area contributed by atoms with E-state index in [9.17, 15) is 40.2 Å². The molecule has 2 aliphatic rings. The highest BCUT2D eigenvalue weighted by Gasteiger charge is 2.78. The van der Waals surface area contributed by atoms with Crippen molar-refractivity contribution in [3.8, 4) is 6.07 Å². The first kappa shape index (κ1) is 18.7. The molecule has 4 atom stereocenters. The van der Waals surface area contributed by atoms with E-state index in [-0.39, 0.29) is 0 Å². The fourth-order valence-electron chi connectivity index (χ4n) is 3.53. The standard InChI is InChI=1S/C15H10F8N2O/c16-13(17)9-5-25(11(10(9)13)12(26)15(21,22)23)7-2-1-6(4-24)8(3-7)14(18,19)20/h1-3,9-12,26H,5H2/t9-,10?,11+,12-/m0/s1. The summed E-state index contributed by atoms with van der Waals surface area (Å²) < 4.78 is 105. The fraction of sp³-hybridized carbons (Fsp3) is 0.533. The van der Waals surface area contributed by atoms with Crippen molar-refractivity contribution < 1.29 is 40.2 Å². The third-order valence-corrected chi connectivity index (χ3v) is 4.80. The maximum absolute atomic E-state index is 13.6. The summed E-state index contributed by atoms with van der Waals surface area (Å²) in [4.78, 5) is 0.710. The number of nitriles is 1. The van der Waals surface area contributed by atoms with Crippen LogP contribution in [-0.2, 0) is 6.18 Å². The lowest BCUT2D eigenvalue weighted by Crippen LogP contribution is -2.51. The molecule has 0 aromatic heterocycles. The van der Waals surface area contributed by atoms with E-state index in [0.29, 0.717) is 11.0 Å². The lowest BCUT2D eigenvalue weighted by atomic mass is 10.0. The molecule has 1 saturated heterocycles. The van der Waals surface area contributed by atoms with Crippen LogP contribution in [0, 0.1) is 23.2 Å². The number of piperidine rings is 1. The Kier molecular flexibility index (Phi) is 3.92. The van der Waals surface area contributed by atoms with Gasteiger partial charge in [-0.3, -0.25) is 0 Å².